The van der Waals surface area contributed by atoms with Crippen LogP contribution in [0.2, 0.25) is 0 Å². The van der Waals surface area contributed by atoms with E-state index < -0.39 is 0 Å². The molecule has 0 radical (unpaired) electrons. The molecule has 14 heavy (non-hydrogen) atoms. The average molecular weight is 185 g/mol. The van der Waals surface area contributed by atoms with Crippen molar-refractivity contribution in [1.82, 2.24) is 0 Å². The van der Waals surface area contributed by atoms with Crippen LogP contribution >= 0.6 is 0 Å². The number of nitrogen functional groups attached to an aromatic ring is 1. The molecule has 0 spiro atoms. The molecule has 2 heteroatoms. The van der Waals surface area contributed by atoms with Gasteiger partial charge in [0, 0.05) is 16.6 Å². The Hall–Kier alpha value is -1.83. The molecule has 0 aliphatic rings. The van der Waals surface area contributed by atoms with Gasteiger partial charge in [-0.3, -0.25) is 4.79 Å². The molecule has 2 aromatic carbocycles. The van der Waals surface area contributed by atoms with Gasteiger partial charge < -0.3 is 5.73 Å². The van der Waals surface area contributed by atoms with Crippen LogP contribution in [0.5, 0.6) is 0 Å². The summed E-state index contributed by atoms with van der Waals surface area (Å²) in [6.45, 7) is 1.56. The number of hydrogen-bond acceptors (Lipinski definition) is 2. The molecule has 0 aromatic heterocycles. The Kier molecular flexibility index (Phi) is 1.97. The zero-order valence-corrected chi connectivity index (χ0v) is 7.95. The molecular formula is C12H11NO. The third kappa shape index (κ3) is 1.35. The van der Waals surface area contributed by atoms with Crippen molar-refractivity contribution in [2.45, 2.75) is 6.92 Å². The highest BCUT2D eigenvalue weighted by Crippen LogP contribution is 2.21. The fraction of sp³-hybridized carbons (Fsp3) is 0.0833. The lowest BCUT2D eigenvalue weighted by molar-refractivity contribution is 0.101. The number of hydrogen-bond donors (Lipinski definition) is 1. The highest BCUT2D eigenvalue weighted by Gasteiger charge is 2.01. The van der Waals surface area contributed by atoms with E-state index in [0.717, 1.165) is 22.0 Å². The van der Waals surface area contributed by atoms with E-state index in [1.807, 2.05) is 30.3 Å². The maximum absolute atomic E-state index is 11.1. The summed E-state index contributed by atoms with van der Waals surface area (Å²) in [6.07, 6.45) is 0. The molecule has 2 N–H and O–H groups in total. The summed E-state index contributed by atoms with van der Waals surface area (Å²) in [5, 5.41) is 2.01. The lowest BCUT2D eigenvalue weighted by Crippen LogP contribution is -1.92. The van der Waals surface area contributed by atoms with Crippen LogP contribution in [-0.2, 0) is 0 Å². The lowest BCUT2D eigenvalue weighted by Gasteiger charge is -2.02. The largest absolute Gasteiger partial charge is 0.398 e. The van der Waals surface area contributed by atoms with Crippen LogP contribution in [0.25, 0.3) is 10.8 Å². The van der Waals surface area contributed by atoms with Crippen LogP contribution in [0.1, 0.15) is 17.3 Å². The molecule has 2 aromatic rings. The zero-order valence-electron chi connectivity index (χ0n) is 7.95. The number of Topliss-reactive ketones (excluding diaryl/α,β-unsaturated/α-hetero) is 1. The minimum atomic E-state index is 0.0781. The molecule has 0 saturated heterocycles. The minimum absolute atomic E-state index is 0.0781. The second-order valence-electron chi connectivity index (χ2n) is 3.34. The van der Waals surface area contributed by atoms with Gasteiger partial charge in [-0.25, -0.2) is 0 Å². The molecule has 0 saturated carbocycles. The van der Waals surface area contributed by atoms with Crippen LogP contribution < -0.4 is 5.73 Å². The zero-order chi connectivity index (χ0) is 10.1. The molecule has 2 rings (SSSR count). The molecule has 70 valence electrons. The van der Waals surface area contributed by atoms with E-state index in [0.29, 0.717) is 0 Å². The van der Waals surface area contributed by atoms with Crippen molar-refractivity contribution in [3.8, 4) is 0 Å². The number of nitrogens with two attached hydrogens (primary N) is 1. The van der Waals surface area contributed by atoms with Gasteiger partial charge >= 0.3 is 0 Å². The first-order chi connectivity index (χ1) is 6.68. The van der Waals surface area contributed by atoms with Gasteiger partial charge in [-0.1, -0.05) is 24.3 Å². The lowest BCUT2D eigenvalue weighted by atomic mass is 10.0. The Morgan fingerprint density at radius 2 is 2.00 bits per heavy atom. The number of benzene rings is 2. The van der Waals surface area contributed by atoms with E-state index in [1.165, 1.54) is 0 Å². The number of rotatable bonds is 1. The first-order valence-electron chi connectivity index (χ1n) is 4.47. The Morgan fingerprint density at radius 3 is 2.71 bits per heavy atom. The molecule has 0 bridgehead atoms. The molecule has 2 nitrogen and oxygen atoms in total. The van der Waals surface area contributed by atoms with E-state index in [1.54, 1.807) is 13.0 Å². The first-order valence-corrected chi connectivity index (χ1v) is 4.47. The van der Waals surface area contributed by atoms with Gasteiger partial charge in [0.15, 0.2) is 5.78 Å². The molecule has 0 fully saturated rings. The van der Waals surface area contributed by atoms with E-state index in [-0.39, 0.29) is 5.78 Å². The number of ketones is 1. The number of carbonyl (C=O) groups is 1. The molecule has 0 atom stereocenters. The van der Waals surface area contributed by atoms with Gasteiger partial charge in [-0.05, 0) is 24.4 Å². The average Bonchev–Trinajstić information content (AvgIpc) is 2.17. The normalized spacial score (nSPS) is 10.4. The quantitative estimate of drug-likeness (QED) is 0.548. The first kappa shape index (κ1) is 8.75. The molecule has 0 heterocycles. The fourth-order valence-corrected chi connectivity index (χ4v) is 1.53. The van der Waals surface area contributed by atoms with E-state index in [4.69, 9.17) is 5.73 Å². The highest BCUT2D eigenvalue weighted by molar-refractivity contribution is 6.01. The van der Waals surface area contributed by atoms with Crippen molar-refractivity contribution in [1.29, 1.82) is 0 Å². The summed E-state index contributed by atoms with van der Waals surface area (Å²) >= 11 is 0. The predicted octanol–water partition coefficient (Wildman–Crippen LogP) is 2.62. The van der Waals surface area contributed by atoms with Gasteiger partial charge in [0.05, 0.1) is 0 Å². The van der Waals surface area contributed by atoms with Crippen molar-refractivity contribution in [3.05, 3.63) is 42.0 Å². The summed E-state index contributed by atoms with van der Waals surface area (Å²) < 4.78 is 0. The van der Waals surface area contributed by atoms with Gasteiger partial charge in [0.25, 0.3) is 0 Å². The van der Waals surface area contributed by atoms with Crippen molar-refractivity contribution in [2.24, 2.45) is 0 Å². The molecule has 0 unspecified atom stereocenters. The number of anilines is 1. The molecule has 0 aliphatic heterocycles. The number of carbonyl (C=O) groups excluding carboxylic acids is 1. The second kappa shape index (κ2) is 3.14. The maximum Gasteiger partial charge on any atom is 0.159 e. The molecule has 0 amide bonds. The monoisotopic (exact) mass is 185 g/mol. The van der Waals surface area contributed by atoms with Crippen LogP contribution in [0.3, 0.4) is 0 Å². The Labute approximate surface area is 82.3 Å². The SMILES string of the molecule is CC(=O)c1ccc2c(N)cccc2c1. The summed E-state index contributed by atoms with van der Waals surface area (Å²) in [4.78, 5) is 11.1. The summed E-state index contributed by atoms with van der Waals surface area (Å²) in [6, 6.07) is 11.3. The molecule has 0 aliphatic carbocycles. The van der Waals surface area contributed by atoms with E-state index in [9.17, 15) is 4.79 Å². The van der Waals surface area contributed by atoms with Gasteiger partial charge in [-0.15, -0.1) is 0 Å². The third-order valence-corrected chi connectivity index (χ3v) is 2.32. The van der Waals surface area contributed by atoms with Gasteiger partial charge in [0.1, 0.15) is 0 Å². The Bertz CT molecular complexity index is 503. The Balaban J connectivity index is 2.73. The van der Waals surface area contributed by atoms with Crippen molar-refractivity contribution >= 4 is 22.2 Å². The van der Waals surface area contributed by atoms with Gasteiger partial charge in [0.2, 0.25) is 0 Å². The highest BCUT2D eigenvalue weighted by atomic mass is 16.1. The smallest absolute Gasteiger partial charge is 0.159 e. The fourth-order valence-electron chi connectivity index (χ4n) is 1.53. The topological polar surface area (TPSA) is 43.1 Å². The van der Waals surface area contributed by atoms with Crippen LogP contribution in [-0.4, -0.2) is 5.78 Å². The standard InChI is InChI=1S/C12H11NO/c1-8(14)9-5-6-11-10(7-9)3-2-4-12(11)13/h2-7H,13H2,1H3. The Morgan fingerprint density at radius 1 is 1.21 bits per heavy atom. The van der Waals surface area contributed by atoms with Crippen LogP contribution in [0.15, 0.2) is 36.4 Å². The van der Waals surface area contributed by atoms with E-state index >= 15 is 0 Å². The predicted molar refractivity (Wildman–Crippen MR) is 58.4 cm³/mol. The summed E-state index contributed by atoms with van der Waals surface area (Å²) in [7, 11) is 0. The minimum Gasteiger partial charge on any atom is -0.398 e. The summed E-state index contributed by atoms with van der Waals surface area (Å²) in [5.74, 6) is 0.0781. The van der Waals surface area contributed by atoms with E-state index in [2.05, 4.69) is 0 Å². The van der Waals surface area contributed by atoms with Crippen molar-refractivity contribution in [3.63, 3.8) is 0 Å². The summed E-state index contributed by atoms with van der Waals surface area (Å²) in [5.41, 5.74) is 7.27. The van der Waals surface area contributed by atoms with Crippen molar-refractivity contribution in [2.75, 3.05) is 5.73 Å². The molecular weight excluding hydrogens is 174 g/mol. The van der Waals surface area contributed by atoms with Crippen LogP contribution in [0.4, 0.5) is 5.69 Å². The maximum atomic E-state index is 11.1. The second-order valence-corrected chi connectivity index (χ2v) is 3.34. The van der Waals surface area contributed by atoms with Crippen LogP contribution in [0, 0.1) is 0 Å². The van der Waals surface area contributed by atoms with Gasteiger partial charge in [-0.2, -0.15) is 0 Å². The third-order valence-electron chi connectivity index (χ3n) is 2.32. The van der Waals surface area contributed by atoms with Crippen molar-refractivity contribution < 1.29 is 4.79 Å². The number of fused-ring (bicyclic) bond motifs is 1.